The van der Waals surface area contributed by atoms with Crippen molar-refractivity contribution in [3.05, 3.63) is 23.8 Å². The highest BCUT2D eigenvalue weighted by Crippen LogP contribution is 2.30. The summed E-state index contributed by atoms with van der Waals surface area (Å²) in [6.45, 7) is 5.18. The molecule has 4 nitrogen and oxygen atoms in total. The molecule has 1 unspecified atom stereocenters. The number of methoxy groups -OCH3 is 1. The van der Waals surface area contributed by atoms with Crippen molar-refractivity contribution >= 4 is 10.0 Å². The van der Waals surface area contributed by atoms with Gasteiger partial charge in [-0.1, -0.05) is 13.0 Å². The molecule has 0 aliphatic carbocycles. The van der Waals surface area contributed by atoms with Gasteiger partial charge in [0.25, 0.3) is 0 Å². The summed E-state index contributed by atoms with van der Waals surface area (Å²) in [5.41, 5.74) is 0.921. The Labute approximate surface area is 115 Å². The van der Waals surface area contributed by atoms with Crippen LogP contribution in [0.3, 0.4) is 0 Å². The predicted octanol–water partition coefficient (Wildman–Crippen LogP) is 2.42. The summed E-state index contributed by atoms with van der Waals surface area (Å²) in [6, 6.07) is 5.26. The molecule has 2 rings (SSSR count). The smallest absolute Gasteiger partial charge is 0.246 e. The minimum atomic E-state index is -3.45. The van der Waals surface area contributed by atoms with Gasteiger partial charge in [0.1, 0.15) is 10.6 Å². The molecule has 0 spiro atoms. The molecule has 0 saturated carbocycles. The first-order chi connectivity index (χ1) is 8.95. The zero-order valence-electron chi connectivity index (χ0n) is 11.7. The Bertz CT molecular complexity index is 554. The monoisotopic (exact) mass is 283 g/mol. The van der Waals surface area contributed by atoms with Crippen molar-refractivity contribution in [2.45, 2.75) is 31.6 Å². The zero-order valence-corrected chi connectivity index (χ0v) is 12.5. The molecular weight excluding hydrogens is 262 g/mol. The highest BCUT2D eigenvalue weighted by molar-refractivity contribution is 7.89. The van der Waals surface area contributed by atoms with Crippen LogP contribution in [0.15, 0.2) is 23.1 Å². The summed E-state index contributed by atoms with van der Waals surface area (Å²) < 4.78 is 32.2. The number of piperidine rings is 1. The Kier molecular flexibility index (Phi) is 4.16. The molecule has 1 heterocycles. The van der Waals surface area contributed by atoms with Crippen molar-refractivity contribution in [1.82, 2.24) is 4.31 Å². The van der Waals surface area contributed by atoms with E-state index < -0.39 is 10.0 Å². The van der Waals surface area contributed by atoms with E-state index in [1.165, 1.54) is 7.11 Å². The van der Waals surface area contributed by atoms with E-state index in [1.807, 2.05) is 13.0 Å². The van der Waals surface area contributed by atoms with E-state index in [0.717, 1.165) is 18.4 Å². The van der Waals surface area contributed by atoms with Gasteiger partial charge in [-0.05, 0) is 43.4 Å². The molecule has 0 N–H and O–H groups in total. The van der Waals surface area contributed by atoms with E-state index >= 15 is 0 Å². The SMILES string of the molecule is COc1ccc(C)cc1S(=O)(=O)N1CCCC(C)C1. The van der Waals surface area contributed by atoms with Crippen molar-refractivity contribution in [1.29, 1.82) is 0 Å². The Balaban J connectivity index is 2.41. The normalized spacial score (nSPS) is 21.3. The van der Waals surface area contributed by atoms with Crippen LogP contribution in [0.2, 0.25) is 0 Å². The highest BCUT2D eigenvalue weighted by Gasteiger charge is 2.30. The summed E-state index contributed by atoms with van der Waals surface area (Å²) >= 11 is 0. The first-order valence-electron chi connectivity index (χ1n) is 6.60. The molecule has 0 radical (unpaired) electrons. The third-order valence-electron chi connectivity index (χ3n) is 3.56. The van der Waals surface area contributed by atoms with Crippen molar-refractivity contribution in [2.75, 3.05) is 20.2 Å². The van der Waals surface area contributed by atoms with Crippen molar-refractivity contribution < 1.29 is 13.2 Å². The highest BCUT2D eigenvalue weighted by atomic mass is 32.2. The number of aryl methyl sites for hydroxylation is 1. The molecule has 1 aliphatic heterocycles. The van der Waals surface area contributed by atoms with Crippen LogP contribution in [0.1, 0.15) is 25.3 Å². The van der Waals surface area contributed by atoms with Crippen LogP contribution in [0.4, 0.5) is 0 Å². The lowest BCUT2D eigenvalue weighted by atomic mass is 10.0. The fourth-order valence-corrected chi connectivity index (χ4v) is 4.33. The molecule has 0 amide bonds. The van der Waals surface area contributed by atoms with Gasteiger partial charge >= 0.3 is 0 Å². The van der Waals surface area contributed by atoms with E-state index in [1.54, 1.807) is 16.4 Å². The third kappa shape index (κ3) is 2.92. The van der Waals surface area contributed by atoms with Gasteiger partial charge in [-0.25, -0.2) is 8.42 Å². The second kappa shape index (κ2) is 5.51. The standard InChI is InChI=1S/C14H21NO3S/c1-11-6-7-13(18-3)14(9-11)19(16,17)15-8-4-5-12(2)10-15/h6-7,9,12H,4-5,8,10H2,1-3H3. The number of benzene rings is 1. The minimum Gasteiger partial charge on any atom is -0.495 e. The van der Waals surface area contributed by atoms with Gasteiger partial charge < -0.3 is 4.74 Å². The molecule has 1 saturated heterocycles. The molecule has 19 heavy (non-hydrogen) atoms. The summed E-state index contributed by atoms with van der Waals surface area (Å²) in [4.78, 5) is 0.282. The quantitative estimate of drug-likeness (QED) is 0.856. The molecule has 1 atom stereocenters. The van der Waals surface area contributed by atoms with E-state index in [4.69, 9.17) is 4.74 Å². The molecule has 0 aromatic heterocycles. The largest absolute Gasteiger partial charge is 0.495 e. The lowest BCUT2D eigenvalue weighted by molar-refractivity contribution is 0.280. The molecule has 0 bridgehead atoms. The minimum absolute atomic E-state index is 0.282. The van der Waals surface area contributed by atoms with Crippen molar-refractivity contribution in [3.63, 3.8) is 0 Å². The number of rotatable bonds is 3. The molecule has 5 heteroatoms. The van der Waals surface area contributed by atoms with Crippen molar-refractivity contribution in [2.24, 2.45) is 5.92 Å². The van der Waals surface area contributed by atoms with Crippen LogP contribution in [-0.4, -0.2) is 32.9 Å². The number of sulfonamides is 1. The molecule has 1 aromatic carbocycles. The van der Waals surface area contributed by atoms with Gasteiger partial charge in [0.2, 0.25) is 10.0 Å². The summed E-state index contributed by atoms with van der Waals surface area (Å²) in [6.07, 6.45) is 2.02. The van der Waals surface area contributed by atoms with Crippen molar-refractivity contribution in [3.8, 4) is 5.75 Å². The van der Waals surface area contributed by atoms with Crippen LogP contribution in [0.25, 0.3) is 0 Å². The van der Waals surface area contributed by atoms with Gasteiger partial charge in [-0.15, -0.1) is 0 Å². The van der Waals surface area contributed by atoms with E-state index in [-0.39, 0.29) is 4.90 Å². The Hall–Kier alpha value is -1.07. The number of hydrogen-bond acceptors (Lipinski definition) is 3. The number of nitrogens with zero attached hydrogens (tertiary/aromatic N) is 1. The summed E-state index contributed by atoms with van der Waals surface area (Å²) in [5, 5.41) is 0. The van der Waals surface area contributed by atoms with Gasteiger partial charge in [-0.2, -0.15) is 4.31 Å². The molecule has 1 aliphatic rings. The lowest BCUT2D eigenvalue weighted by Crippen LogP contribution is -2.39. The van der Waals surface area contributed by atoms with Crippen LogP contribution in [0, 0.1) is 12.8 Å². The maximum atomic E-state index is 12.7. The Morgan fingerprint density at radius 2 is 2.11 bits per heavy atom. The van der Waals surface area contributed by atoms with E-state index in [9.17, 15) is 8.42 Å². The van der Waals surface area contributed by atoms with Crippen LogP contribution in [-0.2, 0) is 10.0 Å². The maximum Gasteiger partial charge on any atom is 0.246 e. The third-order valence-corrected chi connectivity index (χ3v) is 5.44. The topological polar surface area (TPSA) is 46.6 Å². The van der Waals surface area contributed by atoms with Crippen LogP contribution >= 0.6 is 0 Å². The van der Waals surface area contributed by atoms with E-state index in [0.29, 0.717) is 24.8 Å². The van der Waals surface area contributed by atoms with E-state index in [2.05, 4.69) is 6.92 Å². The molecule has 1 aromatic rings. The summed E-state index contributed by atoms with van der Waals surface area (Å²) in [5.74, 6) is 0.836. The summed E-state index contributed by atoms with van der Waals surface area (Å²) in [7, 11) is -1.95. The van der Waals surface area contributed by atoms with Gasteiger partial charge in [0, 0.05) is 13.1 Å². The Morgan fingerprint density at radius 3 is 2.74 bits per heavy atom. The van der Waals surface area contributed by atoms with Gasteiger partial charge in [0.15, 0.2) is 0 Å². The lowest BCUT2D eigenvalue weighted by Gasteiger charge is -2.30. The first-order valence-corrected chi connectivity index (χ1v) is 8.04. The fourth-order valence-electron chi connectivity index (χ4n) is 2.49. The molecule has 1 fully saturated rings. The fraction of sp³-hybridized carbons (Fsp3) is 0.571. The van der Waals surface area contributed by atoms with Crippen LogP contribution < -0.4 is 4.74 Å². The molecular formula is C14H21NO3S. The number of hydrogen-bond donors (Lipinski definition) is 0. The van der Waals surface area contributed by atoms with Crippen LogP contribution in [0.5, 0.6) is 5.75 Å². The van der Waals surface area contributed by atoms with Gasteiger partial charge in [0.05, 0.1) is 7.11 Å². The predicted molar refractivity (Wildman–Crippen MR) is 74.9 cm³/mol. The Morgan fingerprint density at radius 1 is 1.37 bits per heavy atom. The average molecular weight is 283 g/mol. The maximum absolute atomic E-state index is 12.7. The second-order valence-corrected chi connectivity index (χ2v) is 7.17. The average Bonchev–Trinajstić information content (AvgIpc) is 2.38. The zero-order chi connectivity index (χ0) is 14.0. The van der Waals surface area contributed by atoms with Gasteiger partial charge in [-0.3, -0.25) is 0 Å². The molecule has 106 valence electrons. The first kappa shape index (κ1) is 14.3. The number of ether oxygens (including phenoxy) is 1. The second-order valence-electron chi connectivity index (χ2n) is 5.26.